The average molecular weight is 834 g/mol. The second-order valence-electron chi connectivity index (χ2n) is 12.0. The zero-order valence-corrected chi connectivity index (χ0v) is 32.7. The fourth-order valence-electron chi connectivity index (χ4n) is 6.77. The van der Waals surface area contributed by atoms with E-state index in [1.165, 1.54) is 21.5 Å². The summed E-state index contributed by atoms with van der Waals surface area (Å²) >= 11 is -8.62. The summed E-state index contributed by atoms with van der Waals surface area (Å²) < 4.78 is 23.5. The molecule has 0 aliphatic heterocycles. The molecule has 0 amide bonds. The van der Waals surface area contributed by atoms with Gasteiger partial charge < -0.3 is 0 Å². The second-order valence-corrected chi connectivity index (χ2v) is 31.0. The van der Waals surface area contributed by atoms with Crippen molar-refractivity contribution in [1.82, 2.24) is 0 Å². The summed E-state index contributed by atoms with van der Waals surface area (Å²) in [6.07, 6.45) is 0. The van der Waals surface area contributed by atoms with E-state index in [-0.39, 0.29) is 0 Å². The van der Waals surface area contributed by atoms with E-state index >= 15 is 0 Å². The quantitative estimate of drug-likeness (QED) is 0.170. The third-order valence-corrected chi connectivity index (χ3v) is 32.0. The van der Waals surface area contributed by atoms with Crippen LogP contribution in [0, 0.1) is 6.92 Å². The Kier molecular flexibility index (Phi) is 10.3. The van der Waals surface area contributed by atoms with Crippen molar-refractivity contribution in [2.75, 3.05) is 0 Å². The Balaban J connectivity index is 1.53. The normalized spacial score (nSPS) is 11.6. The summed E-state index contributed by atoms with van der Waals surface area (Å²) in [5.41, 5.74) is 2.21. The van der Waals surface area contributed by atoms with Gasteiger partial charge in [0, 0.05) is 0 Å². The van der Waals surface area contributed by atoms with Crippen molar-refractivity contribution in [3.05, 3.63) is 212 Å². The Morgan fingerprint density at radius 2 is 0.542 bits per heavy atom. The topological polar surface area (TPSA) is 18.5 Å². The van der Waals surface area contributed by atoms with Crippen LogP contribution in [0.15, 0.2) is 206 Å². The monoisotopic (exact) mass is 836 g/mol. The predicted octanol–water partition coefficient (Wildman–Crippen LogP) is 5.06. The SMILES string of the molecule is Cc1ccccc1B([O][Sn]([c]1ccccc1)([c]1ccccc1)[c]1ccccc1)[O][Sn]([c]1ccccc1)([c]1ccccc1)[c]1ccccc1. The van der Waals surface area contributed by atoms with Crippen LogP contribution in [0.25, 0.3) is 0 Å². The predicted molar refractivity (Wildman–Crippen MR) is 207 cm³/mol. The summed E-state index contributed by atoms with van der Waals surface area (Å²) in [6.45, 7) is 2.17. The van der Waals surface area contributed by atoms with Gasteiger partial charge in [-0.1, -0.05) is 0 Å². The first-order valence-corrected chi connectivity index (χ1v) is 27.4. The van der Waals surface area contributed by atoms with Gasteiger partial charge in [0.25, 0.3) is 0 Å². The van der Waals surface area contributed by atoms with Gasteiger partial charge >= 0.3 is 296 Å². The minimum absolute atomic E-state index is 0.640. The Morgan fingerprint density at radius 1 is 0.312 bits per heavy atom. The van der Waals surface area contributed by atoms with E-state index in [4.69, 9.17) is 5.98 Å². The van der Waals surface area contributed by atoms with E-state index in [1.54, 1.807) is 0 Å². The van der Waals surface area contributed by atoms with Crippen molar-refractivity contribution in [2.45, 2.75) is 6.92 Å². The van der Waals surface area contributed by atoms with Crippen molar-refractivity contribution in [2.24, 2.45) is 0 Å². The summed E-state index contributed by atoms with van der Waals surface area (Å²) in [5.74, 6) is 0. The summed E-state index contributed by atoms with van der Waals surface area (Å²) in [5, 5.41) is 0. The molecule has 0 saturated carbocycles. The van der Waals surface area contributed by atoms with Gasteiger partial charge in [0.2, 0.25) is 0 Å². The molecule has 0 bridgehead atoms. The van der Waals surface area contributed by atoms with Gasteiger partial charge in [-0.25, -0.2) is 0 Å². The average Bonchev–Trinajstić information content (AvgIpc) is 3.18. The molecule has 0 spiro atoms. The first-order valence-electron chi connectivity index (χ1n) is 16.5. The second kappa shape index (κ2) is 15.1. The fourth-order valence-corrected chi connectivity index (χ4v) is 29.8. The van der Waals surface area contributed by atoms with Crippen molar-refractivity contribution < 1.29 is 5.98 Å². The van der Waals surface area contributed by atoms with E-state index < -0.39 is 44.7 Å². The van der Waals surface area contributed by atoms with Gasteiger partial charge in [0.15, 0.2) is 0 Å². The van der Waals surface area contributed by atoms with Crippen LogP contribution in [-0.4, -0.2) is 44.7 Å². The van der Waals surface area contributed by atoms with Crippen LogP contribution in [0.4, 0.5) is 0 Å². The van der Waals surface area contributed by atoms with E-state index in [0.717, 1.165) is 11.0 Å². The van der Waals surface area contributed by atoms with Crippen LogP contribution < -0.4 is 26.9 Å². The molecule has 48 heavy (non-hydrogen) atoms. The molecule has 7 aromatic rings. The van der Waals surface area contributed by atoms with Gasteiger partial charge in [0.05, 0.1) is 0 Å². The molecule has 0 aliphatic carbocycles. The Labute approximate surface area is 294 Å². The van der Waals surface area contributed by atoms with Crippen LogP contribution in [0.3, 0.4) is 0 Å². The third-order valence-electron chi connectivity index (χ3n) is 9.09. The molecule has 0 aromatic heterocycles. The number of aryl methyl sites for hydroxylation is 1. The molecule has 7 aromatic carbocycles. The number of benzene rings is 7. The standard InChI is InChI=1S/C7H7BO2.6C6H5.2Sn/c1-6-4-2-3-5-7(6)8(9)10;6*1-2-4-6-5-3-1;;/h2-5H,1H3;6*1-5H;;/q-2;;;;;;;2*+1. The molecule has 2 nitrogen and oxygen atoms in total. The molecule has 0 aliphatic rings. The summed E-state index contributed by atoms with van der Waals surface area (Å²) in [7, 11) is -0.640. The number of hydrogen-bond donors (Lipinski definition) is 0. The Bertz CT molecular complexity index is 1710. The maximum atomic E-state index is 8.02. The maximum absolute atomic E-state index is 8.02. The first-order chi connectivity index (χ1) is 23.7. The number of rotatable bonds is 11. The van der Waals surface area contributed by atoms with Gasteiger partial charge in [-0.15, -0.1) is 0 Å². The molecule has 232 valence electrons. The Hall–Kier alpha value is -3.88. The Morgan fingerprint density at radius 3 is 0.792 bits per heavy atom. The molecule has 5 heteroatoms. The van der Waals surface area contributed by atoms with E-state index in [0.29, 0.717) is 0 Å². The molecular formula is C43H37BO2Sn2. The van der Waals surface area contributed by atoms with Gasteiger partial charge in [0.1, 0.15) is 0 Å². The van der Waals surface area contributed by atoms with Gasteiger partial charge in [-0.05, 0) is 0 Å². The van der Waals surface area contributed by atoms with Crippen molar-refractivity contribution in [1.29, 1.82) is 0 Å². The van der Waals surface area contributed by atoms with Crippen LogP contribution >= 0.6 is 0 Å². The van der Waals surface area contributed by atoms with Crippen molar-refractivity contribution in [3.8, 4) is 0 Å². The van der Waals surface area contributed by atoms with Crippen LogP contribution in [0.1, 0.15) is 5.56 Å². The van der Waals surface area contributed by atoms with Crippen LogP contribution in [0.2, 0.25) is 0 Å². The van der Waals surface area contributed by atoms with E-state index in [2.05, 4.69) is 213 Å². The van der Waals surface area contributed by atoms with Crippen molar-refractivity contribution in [3.63, 3.8) is 0 Å². The number of hydrogen-bond acceptors (Lipinski definition) is 2. The first kappa shape index (κ1) is 32.7. The van der Waals surface area contributed by atoms with Crippen molar-refractivity contribution >= 4 is 71.6 Å². The van der Waals surface area contributed by atoms with E-state index in [1.807, 2.05) is 0 Å². The van der Waals surface area contributed by atoms with Gasteiger partial charge in [-0.2, -0.15) is 0 Å². The molecular weight excluding hydrogens is 797 g/mol. The zero-order valence-electron chi connectivity index (χ0n) is 27.0. The molecule has 0 saturated heterocycles. The fraction of sp³-hybridized carbons (Fsp3) is 0.0233. The minimum atomic E-state index is -4.31. The van der Waals surface area contributed by atoms with Gasteiger partial charge in [-0.3, -0.25) is 0 Å². The van der Waals surface area contributed by atoms with E-state index in [9.17, 15) is 0 Å². The molecule has 0 unspecified atom stereocenters. The van der Waals surface area contributed by atoms with Crippen LogP contribution in [-0.2, 0) is 5.98 Å². The molecule has 7 rings (SSSR count). The molecule has 0 N–H and O–H groups in total. The molecule has 0 fully saturated rings. The molecule has 0 radical (unpaired) electrons. The molecule has 0 heterocycles. The summed E-state index contributed by atoms with van der Waals surface area (Å²) in [4.78, 5) is 0. The third kappa shape index (κ3) is 6.45. The zero-order chi connectivity index (χ0) is 32.7. The molecule has 0 atom stereocenters. The summed E-state index contributed by atoms with van der Waals surface area (Å²) in [6, 6.07) is 73.9. The van der Waals surface area contributed by atoms with Crippen LogP contribution in [0.5, 0.6) is 0 Å².